The Labute approximate surface area is 111 Å². The number of likely N-dealkylation sites (tertiary alicyclic amines) is 1. The van der Waals surface area contributed by atoms with Crippen LogP contribution in [0.15, 0.2) is 0 Å². The van der Waals surface area contributed by atoms with Crippen molar-refractivity contribution in [3.63, 3.8) is 0 Å². The monoisotopic (exact) mass is 255 g/mol. The predicted molar refractivity (Wildman–Crippen MR) is 74.7 cm³/mol. The van der Waals surface area contributed by atoms with Gasteiger partial charge >= 0.3 is 0 Å². The van der Waals surface area contributed by atoms with Crippen LogP contribution in [-0.2, 0) is 4.74 Å². The van der Waals surface area contributed by atoms with Gasteiger partial charge in [-0.15, -0.1) is 0 Å². The fourth-order valence-corrected chi connectivity index (χ4v) is 3.24. The molecule has 0 aromatic carbocycles. The molecule has 0 spiro atoms. The van der Waals surface area contributed by atoms with Gasteiger partial charge in [0.05, 0.1) is 12.7 Å². The predicted octanol–water partition coefficient (Wildman–Crippen LogP) is 0.909. The van der Waals surface area contributed by atoms with Gasteiger partial charge in [-0.2, -0.15) is 0 Å². The molecule has 0 radical (unpaired) electrons. The average molecular weight is 255 g/mol. The number of hydrogen-bond acceptors (Lipinski definition) is 4. The van der Waals surface area contributed by atoms with E-state index in [0.717, 1.165) is 45.8 Å². The quantitative estimate of drug-likeness (QED) is 0.793. The summed E-state index contributed by atoms with van der Waals surface area (Å²) < 4.78 is 5.87. The molecule has 2 saturated heterocycles. The van der Waals surface area contributed by atoms with Gasteiger partial charge in [0.2, 0.25) is 0 Å². The lowest BCUT2D eigenvalue weighted by atomic mass is 9.86. The van der Waals surface area contributed by atoms with Crippen molar-refractivity contribution in [1.29, 1.82) is 0 Å². The van der Waals surface area contributed by atoms with Crippen LogP contribution < -0.4 is 5.73 Å². The summed E-state index contributed by atoms with van der Waals surface area (Å²) in [6.45, 7) is 12.9. The number of nitrogens with two attached hydrogens (primary N) is 1. The van der Waals surface area contributed by atoms with Gasteiger partial charge in [-0.25, -0.2) is 0 Å². The van der Waals surface area contributed by atoms with Crippen LogP contribution >= 0.6 is 0 Å². The Bertz CT molecular complexity index is 264. The second-order valence-corrected chi connectivity index (χ2v) is 6.36. The fourth-order valence-electron chi connectivity index (χ4n) is 3.24. The number of morpholine rings is 1. The molecule has 1 unspecified atom stereocenters. The van der Waals surface area contributed by atoms with Crippen LogP contribution in [0.2, 0.25) is 0 Å². The highest BCUT2D eigenvalue weighted by Gasteiger charge is 2.39. The third-order valence-electron chi connectivity index (χ3n) is 4.19. The Morgan fingerprint density at radius 3 is 2.72 bits per heavy atom. The largest absolute Gasteiger partial charge is 0.374 e. The number of hydrogen-bond donors (Lipinski definition) is 1. The maximum Gasteiger partial charge on any atom is 0.0829 e. The van der Waals surface area contributed by atoms with E-state index in [9.17, 15) is 0 Å². The molecule has 4 nitrogen and oxygen atoms in total. The number of ether oxygens (including phenoxy) is 1. The normalized spacial score (nSPS) is 29.5. The smallest absolute Gasteiger partial charge is 0.0829 e. The van der Waals surface area contributed by atoms with Gasteiger partial charge in [-0.1, -0.05) is 13.3 Å². The minimum absolute atomic E-state index is 0.0845. The zero-order valence-corrected chi connectivity index (χ0v) is 12.2. The summed E-state index contributed by atoms with van der Waals surface area (Å²) in [4.78, 5) is 4.96. The average Bonchev–Trinajstić information content (AvgIpc) is 2.27. The van der Waals surface area contributed by atoms with Crippen molar-refractivity contribution in [2.24, 2.45) is 5.73 Å². The molecule has 0 aromatic heterocycles. The van der Waals surface area contributed by atoms with Crippen LogP contribution in [0.3, 0.4) is 0 Å². The van der Waals surface area contributed by atoms with E-state index in [1.807, 2.05) is 0 Å². The second kappa shape index (κ2) is 5.87. The van der Waals surface area contributed by atoms with Crippen LogP contribution in [0.1, 0.15) is 33.6 Å². The molecule has 2 rings (SSSR count). The first-order valence-electron chi connectivity index (χ1n) is 7.39. The van der Waals surface area contributed by atoms with Crippen molar-refractivity contribution in [2.75, 3.05) is 39.3 Å². The van der Waals surface area contributed by atoms with Gasteiger partial charge in [0.1, 0.15) is 0 Å². The van der Waals surface area contributed by atoms with Gasteiger partial charge in [-0.05, 0) is 20.3 Å². The van der Waals surface area contributed by atoms with Crippen molar-refractivity contribution < 1.29 is 4.74 Å². The highest BCUT2D eigenvalue weighted by atomic mass is 16.5. The van der Waals surface area contributed by atoms with E-state index in [2.05, 4.69) is 30.6 Å². The van der Waals surface area contributed by atoms with Crippen molar-refractivity contribution in [2.45, 2.75) is 51.3 Å². The molecule has 0 saturated carbocycles. The molecular weight excluding hydrogens is 226 g/mol. The summed E-state index contributed by atoms with van der Waals surface area (Å²) in [5, 5.41) is 0. The fraction of sp³-hybridized carbons (Fsp3) is 1.00. The molecule has 0 aliphatic carbocycles. The Hall–Kier alpha value is -0.160. The Balaban J connectivity index is 1.71. The van der Waals surface area contributed by atoms with Gasteiger partial charge in [0.25, 0.3) is 0 Å². The number of nitrogens with zero attached hydrogens (tertiary/aromatic N) is 2. The third kappa shape index (κ3) is 3.44. The van der Waals surface area contributed by atoms with Crippen molar-refractivity contribution >= 4 is 0 Å². The van der Waals surface area contributed by atoms with E-state index in [0.29, 0.717) is 12.1 Å². The standard InChI is InChI=1S/C14H29N3O/c1-4-5-14(15)10-16(11-14)8-13-9-17(12(2)3)6-7-18-13/h12-13H,4-11,15H2,1-3H3. The van der Waals surface area contributed by atoms with E-state index in [1.165, 1.54) is 6.42 Å². The number of rotatable bonds is 5. The molecule has 4 heteroatoms. The van der Waals surface area contributed by atoms with E-state index in [4.69, 9.17) is 10.5 Å². The molecule has 1 atom stereocenters. The van der Waals surface area contributed by atoms with Gasteiger partial charge < -0.3 is 10.5 Å². The van der Waals surface area contributed by atoms with Crippen molar-refractivity contribution in [1.82, 2.24) is 9.80 Å². The molecule has 0 aromatic rings. The first-order chi connectivity index (χ1) is 8.52. The van der Waals surface area contributed by atoms with Crippen LogP contribution in [0, 0.1) is 0 Å². The van der Waals surface area contributed by atoms with Crippen LogP contribution in [0.25, 0.3) is 0 Å². The molecule has 2 heterocycles. The minimum Gasteiger partial charge on any atom is -0.374 e. The van der Waals surface area contributed by atoms with E-state index in [1.54, 1.807) is 0 Å². The summed E-state index contributed by atoms with van der Waals surface area (Å²) in [5.74, 6) is 0. The van der Waals surface area contributed by atoms with E-state index < -0.39 is 0 Å². The zero-order chi connectivity index (χ0) is 13.2. The molecule has 2 N–H and O–H groups in total. The summed E-state index contributed by atoms with van der Waals surface area (Å²) >= 11 is 0. The molecule has 2 aliphatic heterocycles. The van der Waals surface area contributed by atoms with Crippen LogP contribution in [0.5, 0.6) is 0 Å². The molecular formula is C14H29N3O. The molecule has 2 fully saturated rings. The summed E-state index contributed by atoms with van der Waals surface area (Å²) in [6, 6.07) is 0.626. The Kier molecular flexibility index (Phi) is 4.64. The van der Waals surface area contributed by atoms with E-state index in [-0.39, 0.29) is 5.54 Å². The summed E-state index contributed by atoms with van der Waals surface area (Å²) in [6.07, 6.45) is 2.70. The van der Waals surface area contributed by atoms with E-state index >= 15 is 0 Å². The lowest BCUT2D eigenvalue weighted by Crippen LogP contribution is -2.68. The molecule has 18 heavy (non-hydrogen) atoms. The van der Waals surface area contributed by atoms with Crippen LogP contribution in [0.4, 0.5) is 0 Å². The summed E-state index contributed by atoms with van der Waals surface area (Å²) in [5.41, 5.74) is 6.38. The van der Waals surface area contributed by atoms with Crippen molar-refractivity contribution in [3.8, 4) is 0 Å². The highest BCUT2D eigenvalue weighted by molar-refractivity contribution is 5.00. The third-order valence-corrected chi connectivity index (χ3v) is 4.19. The topological polar surface area (TPSA) is 41.7 Å². The summed E-state index contributed by atoms with van der Waals surface area (Å²) in [7, 11) is 0. The van der Waals surface area contributed by atoms with Crippen molar-refractivity contribution in [3.05, 3.63) is 0 Å². The SMILES string of the molecule is CCCC1(N)CN(CC2CN(C(C)C)CCO2)C1. The highest BCUT2D eigenvalue weighted by Crippen LogP contribution is 2.24. The minimum atomic E-state index is 0.0845. The lowest BCUT2D eigenvalue weighted by molar-refractivity contribution is -0.0701. The molecule has 0 amide bonds. The lowest BCUT2D eigenvalue weighted by Gasteiger charge is -2.49. The first-order valence-corrected chi connectivity index (χ1v) is 7.39. The molecule has 106 valence electrons. The Morgan fingerprint density at radius 1 is 1.39 bits per heavy atom. The molecule has 2 aliphatic rings. The van der Waals surface area contributed by atoms with Crippen LogP contribution in [-0.4, -0.2) is 66.8 Å². The maximum absolute atomic E-state index is 6.29. The second-order valence-electron chi connectivity index (χ2n) is 6.36. The first kappa shape index (κ1) is 14.3. The van der Waals surface area contributed by atoms with Gasteiger partial charge in [0, 0.05) is 44.3 Å². The van der Waals surface area contributed by atoms with Gasteiger partial charge in [-0.3, -0.25) is 9.80 Å². The molecule has 0 bridgehead atoms. The maximum atomic E-state index is 6.29. The Morgan fingerprint density at radius 2 is 2.11 bits per heavy atom. The van der Waals surface area contributed by atoms with Gasteiger partial charge in [0.15, 0.2) is 0 Å². The zero-order valence-electron chi connectivity index (χ0n) is 12.2.